The van der Waals surface area contributed by atoms with Crippen LogP contribution in [0.2, 0.25) is 0 Å². The van der Waals surface area contributed by atoms with E-state index in [9.17, 15) is 14.0 Å². The Kier molecular flexibility index (Phi) is 4.39. The number of halogens is 1. The van der Waals surface area contributed by atoms with Crippen LogP contribution in [-0.4, -0.2) is 21.9 Å². The smallest absolute Gasteiger partial charge is 0.257 e. The number of hydrogen-bond donors (Lipinski definition) is 0. The normalized spacial score (nSPS) is 13.5. The molecule has 0 saturated carbocycles. The Morgan fingerprint density at radius 1 is 1.22 bits per heavy atom. The molecular weight excluding hydrogens is 347 g/mol. The SMILES string of the molecule is Cn1c2c(cc(Cc3ccccc3F)c1=O)CN(C(=O)c1ccoc1)CC2. The Labute approximate surface area is 155 Å². The topological polar surface area (TPSA) is 55.5 Å². The van der Waals surface area contributed by atoms with E-state index in [1.54, 1.807) is 40.8 Å². The van der Waals surface area contributed by atoms with Gasteiger partial charge in [0.1, 0.15) is 12.1 Å². The molecule has 0 N–H and O–H groups in total. The van der Waals surface area contributed by atoms with Crippen molar-refractivity contribution >= 4 is 5.91 Å². The molecule has 5 nitrogen and oxygen atoms in total. The van der Waals surface area contributed by atoms with Gasteiger partial charge in [-0.1, -0.05) is 18.2 Å². The fraction of sp³-hybridized carbons (Fsp3) is 0.238. The summed E-state index contributed by atoms with van der Waals surface area (Å²) in [5, 5.41) is 0. The van der Waals surface area contributed by atoms with E-state index in [1.165, 1.54) is 18.6 Å². The number of furan rings is 1. The van der Waals surface area contributed by atoms with E-state index in [2.05, 4.69) is 0 Å². The first-order chi connectivity index (χ1) is 13.0. The standard InChI is InChI=1S/C21H19FN2O3/c1-23-19-6-8-24(21(26)15-7-9-27-13-15)12-17(19)11-16(20(23)25)10-14-4-2-3-5-18(14)22/h2-5,7,9,11,13H,6,8,10,12H2,1H3. The van der Waals surface area contributed by atoms with E-state index in [0.29, 0.717) is 36.2 Å². The van der Waals surface area contributed by atoms with Crippen LogP contribution in [0, 0.1) is 5.82 Å². The third-order valence-corrected chi connectivity index (χ3v) is 5.08. The number of pyridine rings is 1. The maximum absolute atomic E-state index is 14.0. The molecule has 1 aliphatic heterocycles. The van der Waals surface area contributed by atoms with Crippen LogP contribution in [0.5, 0.6) is 0 Å². The molecule has 6 heteroatoms. The minimum absolute atomic E-state index is 0.0982. The zero-order chi connectivity index (χ0) is 19.0. The second-order valence-electron chi connectivity index (χ2n) is 6.76. The molecule has 27 heavy (non-hydrogen) atoms. The number of carbonyl (C=O) groups is 1. The highest BCUT2D eigenvalue weighted by molar-refractivity contribution is 5.93. The third-order valence-electron chi connectivity index (χ3n) is 5.08. The molecule has 0 atom stereocenters. The molecule has 1 aromatic carbocycles. The molecule has 0 spiro atoms. The highest BCUT2D eigenvalue weighted by Crippen LogP contribution is 2.21. The predicted octanol–water partition coefficient (Wildman–Crippen LogP) is 2.91. The van der Waals surface area contributed by atoms with Crippen LogP contribution in [0.1, 0.15) is 32.7 Å². The van der Waals surface area contributed by atoms with E-state index in [1.807, 2.05) is 6.07 Å². The molecule has 4 rings (SSSR count). The van der Waals surface area contributed by atoms with Gasteiger partial charge >= 0.3 is 0 Å². The second kappa shape index (κ2) is 6.87. The summed E-state index contributed by atoms with van der Waals surface area (Å²) in [7, 11) is 1.74. The summed E-state index contributed by atoms with van der Waals surface area (Å²) in [4.78, 5) is 27.0. The first kappa shape index (κ1) is 17.3. The number of benzene rings is 1. The van der Waals surface area contributed by atoms with Crippen molar-refractivity contribution < 1.29 is 13.6 Å². The molecule has 1 amide bonds. The van der Waals surface area contributed by atoms with Crippen molar-refractivity contribution in [2.24, 2.45) is 7.05 Å². The number of carbonyl (C=O) groups excluding carboxylic acids is 1. The zero-order valence-corrected chi connectivity index (χ0v) is 14.9. The molecule has 138 valence electrons. The van der Waals surface area contributed by atoms with E-state index in [-0.39, 0.29) is 23.7 Å². The minimum atomic E-state index is -0.325. The molecule has 3 heterocycles. The van der Waals surface area contributed by atoms with E-state index >= 15 is 0 Å². The lowest BCUT2D eigenvalue weighted by Crippen LogP contribution is -2.39. The molecule has 0 aliphatic carbocycles. The molecule has 0 saturated heterocycles. The average Bonchev–Trinajstić information content (AvgIpc) is 3.21. The molecule has 3 aromatic rings. The summed E-state index contributed by atoms with van der Waals surface area (Å²) < 4.78 is 20.6. The Bertz CT molecular complexity index is 1050. The Morgan fingerprint density at radius 3 is 2.78 bits per heavy atom. The number of rotatable bonds is 3. The van der Waals surface area contributed by atoms with Gasteiger partial charge in [0.2, 0.25) is 0 Å². The van der Waals surface area contributed by atoms with Crippen LogP contribution in [-0.2, 0) is 26.4 Å². The van der Waals surface area contributed by atoms with Crippen LogP contribution in [0.4, 0.5) is 4.39 Å². The lowest BCUT2D eigenvalue weighted by atomic mass is 9.99. The van der Waals surface area contributed by atoms with Gasteiger partial charge in [0.15, 0.2) is 0 Å². The van der Waals surface area contributed by atoms with Gasteiger partial charge < -0.3 is 13.9 Å². The Hall–Kier alpha value is -3.15. The Morgan fingerprint density at radius 2 is 2.04 bits per heavy atom. The highest BCUT2D eigenvalue weighted by atomic mass is 19.1. The van der Waals surface area contributed by atoms with Gasteiger partial charge in [-0.3, -0.25) is 9.59 Å². The third kappa shape index (κ3) is 3.18. The highest BCUT2D eigenvalue weighted by Gasteiger charge is 2.25. The van der Waals surface area contributed by atoms with Gasteiger partial charge in [-0.15, -0.1) is 0 Å². The molecule has 1 aliphatic rings. The molecule has 0 fully saturated rings. The lowest BCUT2D eigenvalue weighted by Gasteiger charge is -2.30. The van der Waals surface area contributed by atoms with Crippen molar-refractivity contribution in [1.82, 2.24) is 9.47 Å². The predicted molar refractivity (Wildman–Crippen MR) is 98.0 cm³/mol. The summed E-state index contributed by atoms with van der Waals surface area (Å²) in [6, 6.07) is 9.92. The van der Waals surface area contributed by atoms with Crippen LogP contribution in [0.25, 0.3) is 0 Å². The summed E-state index contributed by atoms with van der Waals surface area (Å²) in [6.07, 6.45) is 3.73. The maximum Gasteiger partial charge on any atom is 0.257 e. The number of nitrogens with zero attached hydrogens (tertiary/aromatic N) is 2. The first-order valence-electron chi connectivity index (χ1n) is 8.80. The summed E-state index contributed by atoms with van der Waals surface area (Å²) >= 11 is 0. The average molecular weight is 366 g/mol. The van der Waals surface area contributed by atoms with Crippen molar-refractivity contribution in [1.29, 1.82) is 0 Å². The summed E-state index contributed by atoms with van der Waals surface area (Å²) in [5.74, 6) is -0.423. The van der Waals surface area contributed by atoms with Crippen LogP contribution >= 0.6 is 0 Å². The van der Waals surface area contributed by atoms with Gasteiger partial charge in [0, 0.05) is 44.2 Å². The van der Waals surface area contributed by atoms with Crippen molar-refractivity contribution in [2.45, 2.75) is 19.4 Å². The largest absolute Gasteiger partial charge is 0.472 e. The molecule has 0 unspecified atom stereocenters. The van der Waals surface area contributed by atoms with Gasteiger partial charge in [-0.05, 0) is 29.3 Å². The maximum atomic E-state index is 14.0. The second-order valence-corrected chi connectivity index (χ2v) is 6.76. The summed E-state index contributed by atoms with van der Waals surface area (Å²) in [6.45, 7) is 0.953. The molecule has 0 bridgehead atoms. The zero-order valence-electron chi connectivity index (χ0n) is 14.9. The van der Waals surface area contributed by atoms with Gasteiger partial charge in [-0.2, -0.15) is 0 Å². The van der Waals surface area contributed by atoms with Gasteiger partial charge in [0.05, 0.1) is 11.8 Å². The van der Waals surface area contributed by atoms with Crippen molar-refractivity contribution in [2.75, 3.05) is 6.54 Å². The van der Waals surface area contributed by atoms with E-state index in [4.69, 9.17) is 4.42 Å². The van der Waals surface area contributed by atoms with Gasteiger partial charge in [-0.25, -0.2) is 4.39 Å². The minimum Gasteiger partial charge on any atom is -0.472 e. The Balaban J connectivity index is 1.67. The molecule has 0 radical (unpaired) electrons. The fourth-order valence-electron chi connectivity index (χ4n) is 3.62. The number of hydrogen-bond acceptors (Lipinski definition) is 3. The molecule has 2 aromatic heterocycles. The van der Waals surface area contributed by atoms with Crippen molar-refractivity contribution in [3.8, 4) is 0 Å². The van der Waals surface area contributed by atoms with Crippen LogP contribution in [0.3, 0.4) is 0 Å². The summed E-state index contributed by atoms with van der Waals surface area (Å²) in [5.41, 5.74) is 3.25. The number of amides is 1. The van der Waals surface area contributed by atoms with Crippen LogP contribution < -0.4 is 5.56 Å². The lowest BCUT2D eigenvalue weighted by molar-refractivity contribution is 0.0731. The number of fused-ring (bicyclic) bond motifs is 1. The van der Waals surface area contributed by atoms with E-state index in [0.717, 1.165) is 11.3 Å². The number of aromatic nitrogens is 1. The quantitative estimate of drug-likeness (QED) is 0.716. The monoisotopic (exact) mass is 366 g/mol. The van der Waals surface area contributed by atoms with Crippen molar-refractivity contribution in [3.63, 3.8) is 0 Å². The van der Waals surface area contributed by atoms with E-state index < -0.39 is 0 Å². The van der Waals surface area contributed by atoms with Gasteiger partial charge in [0.25, 0.3) is 11.5 Å². The fourth-order valence-corrected chi connectivity index (χ4v) is 3.62. The van der Waals surface area contributed by atoms with Crippen LogP contribution in [0.15, 0.2) is 58.1 Å². The molecular formula is C21H19FN2O3. The first-order valence-corrected chi connectivity index (χ1v) is 8.80. The van der Waals surface area contributed by atoms with Crippen molar-refractivity contribution in [3.05, 3.63) is 93.0 Å².